The topological polar surface area (TPSA) is 196 Å². The summed E-state index contributed by atoms with van der Waals surface area (Å²) in [5.74, 6) is -2.33. The maximum absolute atomic E-state index is 12.4. The fourth-order valence-corrected chi connectivity index (χ4v) is 3.77. The molecule has 0 aromatic carbocycles. The number of thiazole rings is 1. The van der Waals surface area contributed by atoms with Gasteiger partial charge in [-0.1, -0.05) is 31.6 Å². The highest BCUT2D eigenvalue weighted by Gasteiger charge is 2.46. The van der Waals surface area contributed by atoms with Crippen molar-refractivity contribution in [2.45, 2.75) is 50.8 Å². The van der Waals surface area contributed by atoms with E-state index in [4.69, 9.17) is 22.3 Å². The van der Waals surface area contributed by atoms with Crippen molar-refractivity contribution < 1.29 is 25.9 Å². The van der Waals surface area contributed by atoms with Crippen molar-refractivity contribution in [3.05, 3.63) is 20.0 Å². The summed E-state index contributed by atoms with van der Waals surface area (Å²) >= 11 is 0.583. The zero-order chi connectivity index (χ0) is 22.4. The Kier molecular flexibility index (Phi) is 8.83. The molecule has 2 aromatic rings. The van der Waals surface area contributed by atoms with E-state index < -0.39 is 59.5 Å². The summed E-state index contributed by atoms with van der Waals surface area (Å²) in [5, 5.41) is 20.7. The van der Waals surface area contributed by atoms with Gasteiger partial charge in [-0.2, -0.15) is 4.98 Å². The molecule has 1 aliphatic heterocycles. The van der Waals surface area contributed by atoms with E-state index >= 15 is 0 Å². The smallest absolute Gasteiger partial charge is 0.323 e. The molecular weight excluding hydrogens is 477 g/mol. The number of nitrogens with one attached hydrogen (secondary N) is 1. The molecule has 15 heteroatoms. The molecule has 0 radical (unpaired) electrons. The van der Waals surface area contributed by atoms with Crippen molar-refractivity contribution in [2.24, 2.45) is 11.6 Å². The molecule has 3 heterocycles. The number of aliphatic hydroxyl groups excluding tert-OH is 2. The Morgan fingerprint density at radius 3 is 2.68 bits per heavy atom. The van der Waals surface area contributed by atoms with Crippen LogP contribution < -0.4 is 21.9 Å². The van der Waals surface area contributed by atoms with E-state index in [0.29, 0.717) is 17.8 Å². The van der Waals surface area contributed by atoms with Gasteiger partial charge in [-0.05, 0) is 5.89 Å². The minimum atomic E-state index is -1.57. The van der Waals surface area contributed by atoms with E-state index in [2.05, 4.69) is 9.97 Å². The van der Waals surface area contributed by atoms with Crippen LogP contribution in [0.15, 0.2) is 9.59 Å². The van der Waals surface area contributed by atoms with Gasteiger partial charge < -0.3 is 31.2 Å². The Hall–Kier alpha value is -1.74. The molecule has 6 atom stereocenters. The van der Waals surface area contributed by atoms with E-state index in [1.165, 1.54) is 6.92 Å². The van der Waals surface area contributed by atoms with E-state index in [9.17, 15) is 24.6 Å². The number of hydrogen-bond donors (Lipinski definition) is 5. The van der Waals surface area contributed by atoms with Crippen LogP contribution in [0.5, 0.6) is 0 Å². The lowest BCUT2D eigenvalue weighted by atomic mass is 10.0. The van der Waals surface area contributed by atoms with Crippen molar-refractivity contribution in [1.82, 2.24) is 14.5 Å². The van der Waals surface area contributed by atoms with Crippen molar-refractivity contribution >= 4 is 58.4 Å². The largest absolute Gasteiger partial charge is 0.462 e. The van der Waals surface area contributed by atoms with Crippen LogP contribution in [0.25, 0.3) is 10.3 Å². The first kappa shape index (κ1) is 25.5. The molecular formula is C16H25Cl2N5O7S. The predicted octanol–water partition coefficient (Wildman–Crippen LogP) is -0.892. The number of fused-ring (bicyclic) bond motifs is 1. The van der Waals surface area contributed by atoms with Crippen LogP contribution in [0.3, 0.4) is 0 Å². The number of carbonyl (C=O) groups excluding carboxylic acids is 1. The third kappa shape index (κ3) is 5.19. The maximum atomic E-state index is 12.4. The quantitative estimate of drug-likeness (QED) is 0.308. The molecule has 1 unspecified atom stereocenters. The van der Waals surface area contributed by atoms with Gasteiger partial charge in [-0.15, -0.1) is 24.8 Å². The Labute approximate surface area is 193 Å². The lowest BCUT2D eigenvalue weighted by molar-refractivity contribution is -0.152. The summed E-state index contributed by atoms with van der Waals surface area (Å²) in [6, 6.07) is -1.22. The zero-order valence-corrected chi connectivity index (χ0v) is 19.0. The summed E-state index contributed by atoms with van der Waals surface area (Å²) in [4.78, 5) is 42.0. The van der Waals surface area contributed by atoms with Gasteiger partial charge in [0, 0.05) is 1.37 Å². The molecule has 7 N–H and O–H groups in total. The van der Waals surface area contributed by atoms with E-state index in [1.54, 1.807) is 6.92 Å². The van der Waals surface area contributed by atoms with Crippen molar-refractivity contribution in [3.8, 4) is 0 Å². The standard InChI is InChI=1S/C16H23N5O7S.2ClH/c1-3-5(2)7(17)14(25)27-4-6-8(22)9(23)13(28-6)21-11-10(29-16(21)26)12(24)20-15(18)19-11;;/h5-9,13,22-23H,3-4,17H2,1-2H3,(H3,18,19,20,24);2*1H/t5-,6+,7-,8+,9+,13?;;/m0../s1/i5D;;. The van der Waals surface area contributed by atoms with Gasteiger partial charge in [0.05, 0.1) is 0 Å². The van der Waals surface area contributed by atoms with Crippen LogP contribution in [0, 0.1) is 5.89 Å². The van der Waals surface area contributed by atoms with Gasteiger partial charge in [0.15, 0.2) is 11.9 Å². The molecule has 1 saturated heterocycles. The van der Waals surface area contributed by atoms with Crippen LogP contribution in [0.2, 0.25) is 0 Å². The number of nitrogen functional groups attached to an aromatic ring is 1. The molecule has 1 aliphatic rings. The molecule has 1 fully saturated rings. The van der Waals surface area contributed by atoms with Crippen molar-refractivity contribution in [3.63, 3.8) is 0 Å². The average molecular weight is 503 g/mol. The lowest BCUT2D eigenvalue weighted by Crippen LogP contribution is -2.40. The van der Waals surface area contributed by atoms with Gasteiger partial charge in [-0.25, -0.2) is 0 Å². The molecule has 31 heavy (non-hydrogen) atoms. The Bertz CT molecular complexity index is 1080. The zero-order valence-electron chi connectivity index (χ0n) is 17.5. The molecule has 12 nitrogen and oxygen atoms in total. The SMILES string of the molecule is Cl.Cl.[2H][C@](C)(CC)[C@H](N)C(=O)OC[C@H]1OC(n2c(=O)sc3c(=O)[nH]c(N)nc32)[C@H](O)[C@@H]1O. The number of aromatic nitrogens is 3. The molecule has 0 bridgehead atoms. The monoisotopic (exact) mass is 502 g/mol. The number of hydrogen-bond acceptors (Lipinski definition) is 11. The number of nitrogens with zero attached hydrogens (tertiary/aromatic N) is 2. The van der Waals surface area contributed by atoms with Crippen LogP contribution in [0.4, 0.5) is 5.95 Å². The summed E-state index contributed by atoms with van der Waals surface area (Å²) < 4.78 is 19.5. The lowest BCUT2D eigenvalue weighted by Gasteiger charge is -2.19. The molecule has 0 aliphatic carbocycles. The van der Waals surface area contributed by atoms with Crippen LogP contribution in [-0.4, -0.2) is 61.7 Å². The number of carbonyl (C=O) groups is 1. The summed E-state index contributed by atoms with van der Waals surface area (Å²) in [6.45, 7) is 2.74. The Morgan fingerprint density at radius 2 is 2.06 bits per heavy atom. The third-order valence-electron chi connectivity index (χ3n) is 4.82. The highest BCUT2D eigenvalue weighted by Crippen LogP contribution is 2.31. The van der Waals surface area contributed by atoms with Crippen molar-refractivity contribution in [1.29, 1.82) is 0 Å². The third-order valence-corrected chi connectivity index (χ3v) is 5.76. The van der Waals surface area contributed by atoms with Crippen LogP contribution >= 0.6 is 36.2 Å². The van der Waals surface area contributed by atoms with Gasteiger partial charge in [-0.3, -0.25) is 23.9 Å². The number of aromatic amines is 1. The first-order chi connectivity index (χ1) is 14.0. The van der Waals surface area contributed by atoms with Crippen LogP contribution in [-0.2, 0) is 14.3 Å². The van der Waals surface area contributed by atoms with E-state index in [0.717, 1.165) is 4.57 Å². The Morgan fingerprint density at radius 1 is 1.42 bits per heavy atom. The maximum Gasteiger partial charge on any atom is 0.323 e. The molecule has 2 aromatic heterocycles. The predicted molar refractivity (Wildman–Crippen MR) is 118 cm³/mol. The number of esters is 1. The molecule has 176 valence electrons. The van der Waals surface area contributed by atoms with Gasteiger partial charge >= 0.3 is 10.8 Å². The average Bonchev–Trinajstić information content (AvgIpc) is 3.15. The second-order valence-electron chi connectivity index (χ2n) is 6.70. The summed E-state index contributed by atoms with van der Waals surface area (Å²) in [7, 11) is 0. The first-order valence-corrected chi connectivity index (χ1v) is 9.64. The van der Waals surface area contributed by atoms with E-state index in [-0.39, 0.29) is 41.1 Å². The molecule has 0 saturated carbocycles. The molecule has 0 spiro atoms. The number of anilines is 1. The molecule has 0 amide bonds. The van der Waals surface area contributed by atoms with E-state index in [1.807, 2.05) is 0 Å². The minimum Gasteiger partial charge on any atom is -0.462 e. The second-order valence-corrected chi connectivity index (χ2v) is 7.66. The second kappa shape index (κ2) is 10.7. The normalized spacial score (nSPS) is 26.3. The fraction of sp³-hybridized carbons (Fsp3) is 0.625. The number of H-pyrrole nitrogens is 1. The molecule has 3 rings (SSSR count). The van der Waals surface area contributed by atoms with Gasteiger partial charge in [0.2, 0.25) is 5.95 Å². The van der Waals surface area contributed by atoms with Gasteiger partial charge in [0.25, 0.3) is 5.56 Å². The van der Waals surface area contributed by atoms with Crippen molar-refractivity contribution in [2.75, 3.05) is 12.3 Å². The summed E-state index contributed by atoms with van der Waals surface area (Å²) in [6.07, 6.45) is -5.33. The number of ether oxygens (including phenoxy) is 2. The Balaban J connectivity index is 0.00000256. The minimum absolute atomic E-state index is 0. The highest BCUT2D eigenvalue weighted by atomic mass is 35.5. The summed E-state index contributed by atoms with van der Waals surface area (Å²) in [5.41, 5.74) is 10.6. The van der Waals surface area contributed by atoms with Gasteiger partial charge in [0.1, 0.15) is 35.7 Å². The number of aliphatic hydroxyl groups is 2. The number of rotatable bonds is 6. The number of nitrogens with two attached hydrogens (primary N) is 2. The first-order valence-electron chi connectivity index (χ1n) is 9.32. The number of halogens is 2. The fourth-order valence-electron chi connectivity index (χ4n) is 2.93. The highest BCUT2D eigenvalue weighted by molar-refractivity contribution is 7.16. The van der Waals surface area contributed by atoms with Crippen LogP contribution in [0.1, 0.15) is 27.9 Å².